The van der Waals surface area contributed by atoms with Crippen molar-refractivity contribution in [2.45, 2.75) is 13.1 Å². The predicted molar refractivity (Wildman–Crippen MR) is 62.1 cm³/mol. The van der Waals surface area contributed by atoms with Crippen LogP contribution in [-0.2, 0) is 15.7 Å². The van der Waals surface area contributed by atoms with E-state index in [2.05, 4.69) is 4.74 Å². The fourth-order valence-electron chi connectivity index (χ4n) is 1.20. The van der Waals surface area contributed by atoms with Crippen LogP contribution in [0, 0.1) is 0 Å². The van der Waals surface area contributed by atoms with Crippen molar-refractivity contribution in [3.63, 3.8) is 0 Å². The second-order valence-corrected chi connectivity index (χ2v) is 3.73. The second-order valence-electron chi connectivity index (χ2n) is 3.32. The van der Waals surface area contributed by atoms with Crippen LogP contribution in [0.25, 0.3) is 6.08 Å². The molecule has 0 fully saturated rings. The Hall–Kier alpha value is -1.49. The van der Waals surface area contributed by atoms with Crippen LogP contribution in [0.4, 0.5) is 13.2 Å². The number of carbonyl (C=O) groups excluding carboxylic acids is 1. The van der Waals surface area contributed by atoms with E-state index in [9.17, 15) is 18.0 Å². The molecule has 0 atom stereocenters. The van der Waals surface area contributed by atoms with Gasteiger partial charge in [0.25, 0.3) is 0 Å². The number of ether oxygens (including phenoxy) is 1. The van der Waals surface area contributed by atoms with E-state index in [0.717, 1.165) is 24.3 Å². The summed E-state index contributed by atoms with van der Waals surface area (Å²) in [7, 11) is 0. The van der Waals surface area contributed by atoms with Gasteiger partial charge in [0.2, 0.25) is 0 Å². The monoisotopic (exact) mass is 278 g/mol. The van der Waals surface area contributed by atoms with Gasteiger partial charge in [-0.2, -0.15) is 13.2 Å². The molecule has 2 nitrogen and oxygen atoms in total. The van der Waals surface area contributed by atoms with Crippen LogP contribution in [0.15, 0.2) is 24.3 Å². The number of benzene rings is 1. The van der Waals surface area contributed by atoms with Crippen molar-refractivity contribution in [1.82, 2.24) is 0 Å². The highest BCUT2D eigenvalue weighted by Crippen LogP contribution is 2.32. The summed E-state index contributed by atoms with van der Waals surface area (Å²) in [6, 6.07) is 2.89. The average molecular weight is 279 g/mol. The second kappa shape index (κ2) is 5.91. The number of carbonyl (C=O) groups is 1. The van der Waals surface area contributed by atoms with Gasteiger partial charge in [-0.1, -0.05) is 11.6 Å². The van der Waals surface area contributed by atoms with Crippen LogP contribution in [0.2, 0.25) is 5.02 Å². The lowest BCUT2D eigenvalue weighted by Gasteiger charge is -2.08. The lowest BCUT2D eigenvalue weighted by molar-refractivity contribution is -0.138. The van der Waals surface area contributed by atoms with Gasteiger partial charge in [0.15, 0.2) is 0 Å². The number of esters is 1. The Labute approximate surface area is 107 Å². The third kappa shape index (κ3) is 4.07. The number of hydrogen-bond acceptors (Lipinski definition) is 2. The van der Waals surface area contributed by atoms with Gasteiger partial charge in [0, 0.05) is 11.1 Å². The fourth-order valence-corrected chi connectivity index (χ4v) is 1.38. The molecule has 0 aliphatic rings. The van der Waals surface area contributed by atoms with E-state index in [4.69, 9.17) is 11.6 Å². The molecule has 6 heteroatoms. The molecule has 0 aromatic heterocycles. The summed E-state index contributed by atoms with van der Waals surface area (Å²) < 4.78 is 42.0. The van der Waals surface area contributed by atoms with Crippen LogP contribution >= 0.6 is 11.6 Å². The van der Waals surface area contributed by atoms with Crippen LogP contribution in [-0.4, -0.2) is 12.6 Å². The summed E-state index contributed by atoms with van der Waals surface area (Å²) in [5.41, 5.74) is -0.713. The quantitative estimate of drug-likeness (QED) is 0.618. The van der Waals surface area contributed by atoms with E-state index in [1.54, 1.807) is 6.92 Å². The number of halogens is 4. The molecule has 0 unspecified atom stereocenters. The first-order valence-corrected chi connectivity index (χ1v) is 5.44. The molecule has 0 bridgehead atoms. The van der Waals surface area contributed by atoms with E-state index in [1.165, 1.54) is 6.08 Å². The lowest BCUT2D eigenvalue weighted by atomic mass is 10.1. The van der Waals surface area contributed by atoms with Crippen molar-refractivity contribution in [3.8, 4) is 0 Å². The minimum atomic E-state index is -4.45. The summed E-state index contributed by atoms with van der Waals surface area (Å²) in [5.74, 6) is -0.633. The zero-order chi connectivity index (χ0) is 13.8. The van der Waals surface area contributed by atoms with Crippen molar-refractivity contribution in [2.24, 2.45) is 0 Å². The fraction of sp³-hybridized carbons (Fsp3) is 0.250. The summed E-state index contributed by atoms with van der Waals surface area (Å²) in [6.45, 7) is 1.82. The first kappa shape index (κ1) is 14.6. The molecule has 98 valence electrons. The third-order valence-electron chi connectivity index (χ3n) is 2.01. The highest BCUT2D eigenvalue weighted by atomic mass is 35.5. The van der Waals surface area contributed by atoms with Gasteiger partial charge in [0.1, 0.15) is 0 Å². The van der Waals surface area contributed by atoms with Gasteiger partial charge >= 0.3 is 12.1 Å². The summed E-state index contributed by atoms with van der Waals surface area (Å²) in [4.78, 5) is 11.0. The van der Waals surface area contributed by atoms with Crippen LogP contribution in [0.5, 0.6) is 0 Å². The van der Waals surface area contributed by atoms with Crippen molar-refractivity contribution in [1.29, 1.82) is 0 Å². The molecule has 0 saturated carbocycles. The predicted octanol–water partition coefficient (Wildman–Crippen LogP) is 3.94. The van der Waals surface area contributed by atoms with E-state index in [0.29, 0.717) is 0 Å². The number of rotatable bonds is 3. The van der Waals surface area contributed by atoms with Crippen molar-refractivity contribution in [3.05, 3.63) is 40.4 Å². The van der Waals surface area contributed by atoms with E-state index >= 15 is 0 Å². The minimum absolute atomic E-state index is 0.111. The number of alkyl halides is 3. The molecule has 0 aliphatic heterocycles. The molecule has 0 amide bonds. The Morgan fingerprint density at radius 3 is 2.67 bits per heavy atom. The van der Waals surface area contributed by atoms with Crippen LogP contribution in [0.3, 0.4) is 0 Å². The van der Waals surface area contributed by atoms with Crippen molar-refractivity contribution >= 4 is 23.6 Å². The molecule has 0 N–H and O–H groups in total. The first-order valence-electron chi connectivity index (χ1n) is 5.06. The van der Waals surface area contributed by atoms with Gasteiger partial charge in [-0.3, -0.25) is 0 Å². The largest absolute Gasteiger partial charge is 0.463 e. The molecule has 1 rings (SSSR count). The molecule has 18 heavy (non-hydrogen) atoms. The van der Waals surface area contributed by atoms with Crippen molar-refractivity contribution < 1.29 is 22.7 Å². The minimum Gasteiger partial charge on any atom is -0.463 e. The lowest BCUT2D eigenvalue weighted by Crippen LogP contribution is -2.05. The first-order chi connectivity index (χ1) is 8.34. The molecule has 1 aromatic rings. The molecule has 0 aliphatic carbocycles. The molecule has 1 aromatic carbocycles. The zero-order valence-electron chi connectivity index (χ0n) is 9.42. The van der Waals surface area contributed by atoms with Gasteiger partial charge in [0.05, 0.1) is 12.2 Å². The summed E-state index contributed by atoms with van der Waals surface area (Å²) >= 11 is 5.74. The normalized spacial score (nSPS) is 11.8. The molecule has 0 heterocycles. The summed E-state index contributed by atoms with van der Waals surface area (Å²) in [6.07, 6.45) is -2.22. The van der Waals surface area contributed by atoms with Crippen LogP contribution in [0.1, 0.15) is 18.1 Å². The third-order valence-corrected chi connectivity index (χ3v) is 2.35. The van der Waals surface area contributed by atoms with Gasteiger partial charge in [-0.05, 0) is 36.8 Å². The molecular weight excluding hydrogens is 269 g/mol. The maximum Gasteiger partial charge on any atom is 0.416 e. The van der Waals surface area contributed by atoms with Gasteiger partial charge in [-0.15, -0.1) is 0 Å². The molecule has 0 saturated heterocycles. The standard InChI is InChI=1S/C12H10ClF3O2/c1-2-18-11(17)6-3-8-7-9(12(14,15)16)4-5-10(8)13/h3-7H,2H2,1H3/b6-3+. The molecule has 0 spiro atoms. The van der Waals surface area contributed by atoms with E-state index in [-0.39, 0.29) is 17.2 Å². The highest BCUT2D eigenvalue weighted by Gasteiger charge is 2.30. The Bertz CT molecular complexity index is 467. The summed E-state index contributed by atoms with van der Waals surface area (Å²) in [5, 5.41) is 0.128. The highest BCUT2D eigenvalue weighted by molar-refractivity contribution is 6.32. The Morgan fingerprint density at radius 2 is 2.11 bits per heavy atom. The smallest absolute Gasteiger partial charge is 0.416 e. The average Bonchev–Trinajstić information content (AvgIpc) is 2.26. The molecular formula is C12H10ClF3O2. The molecule has 0 radical (unpaired) electrons. The SMILES string of the molecule is CCOC(=O)/C=C/c1cc(C(F)(F)F)ccc1Cl. The Kier molecular flexibility index (Phi) is 4.78. The number of hydrogen-bond donors (Lipinski definition) is 0. The van der Waals surface area contributed by atoms with Crippen molar-refractivity contribution in [2.75, 3.05) is 6.61 Å². The van der Waals surface area contributed by atoms with E-state index in [1.807, 2.05) is 0 Å². The Balaban J connectivity index is 2.98. The zero-order valence-corrected chi connectivity index (χ0v) is 10.2. The van der Waals surface area contributed by atoms with E-state index < -0.39 is 17.7 Å². The maximum absolute atomic E-state index is 12.5. The Morgan fingerprint density at radius 1 is 1.44 bits per heavy atom. The van der Waals surface area contributed by atoms with Gasteiger partial charge in [-0.25, -0.2) is 4.79 Å². The maximum atomic E-state index is 12.5. The van der Waals surface area contributed by atoms with Gasteiger partial charge < -0.3 is 4.74 Å². The topological polar surface area (TPSA) is 26.3 Å². The van der Waals surface area contributed by atoms with Crippen LogP contribution < -0.4 is 0 Å².